The summed E-state index contributed by atoms with van der Waals surface area (Å²) in [5.74, 6) is -0.0421. The van der Waals surface area contributed by atoms with Crippen molar-refractivity contribution >= 4 is 5.91 Å². The lowest BCUT2D eigenvalue weighted by molar-refractivity contribution is -0.123. The van der Waals surface area contributed by atoms with Crippen LogP contribution in [-0.4, -0.2) is 34.9 Å². The van der Waals surface area contributed by atoms with Gasteiger partial charge in [0.05, 0.1) is 18.8 Å². The SMILES string of the molecule is CCCCC/C=C\C/C=C\CCCCCCCC(=O)NC(CO)C(O)CCCCCCCCCCCCCCCCCCCCCCCCCCCCCCCC. The highest BCUT2D eigenvalue weighted by molar-refractivity contribution is 5.76. The molecule has 0 radical (unpaired) electrons. The van der Waals surface area contributed by atoms with Crippen LogP contribution in [0.3, 0.4) is 0 Å². The quantitative estimate of drug-likeness (QED) is 0.0424. The summed E-state index contributed by atoms with van der Waals surface area (Å²) in [4.78, 5) is 12.4. The molecular weight excluding hydrogens is 699 g/mol. The van der Waals surface area contributed by atoms with E-state index < -0.39 is 12.1 Å². The molecule has 0 saturated heterocycles. The van der Waals surface area contributed by atoms with Crippen LogP contribution in [0.25, 0.3) is 0 Å². The smallest absolute Gasteiger partial charge is 0.220 e. The summed E-state index contributed by atoms with van der Waals surface area (Å²) in [6, 6.07) is -0.542. The summed E-state index contributed by atoms with van der Waals surface area (Å²) in [6.07, 6.45) is 64.4. The summed E-state index contributed by atoms with van der Waals surface area (Å²) < 4.78 is 0. The maximum Gasteiger partial charge on any atom is 0.220 e. The molecule has 0 heterocycles. The predicted octanol–water partition coefficient (Wildman–Crippen LogP) is 16.8. The molecule has 1 amide bonds. The summed E-state index contributed by atoms with van der Waals surface area (Å²) in [7, 11) is 0. The standard InChI is InChI=1S/C53H103NO3/c1-3-5-7-9-11-13-15-17-19-20-21-22-23-24-25-26-27-28-29-30-31-32-33-35-36-38-40-42-44-46-48-52(56)51(50-55)54-53(57)49-47-45-43-41-39-37-34-18-16-14-12-10-8-6-4-2/h12,14,18,34,51-52,55-56H,3-11,13,15-17,19-33,35-50H2,1-2H3,(H,54,57)/b14-12-,34-18-. The summed E-state index contributed by atoms with van der Waals surface area (Å²) in [5.41, 5.74) is 0. The molecule has 0 aromatic heterocycles. The Balaban J connectivity index is 3.42. The number of hydrogen-bond acceptors (Lipinski definition) is 3. The van der Waals surface area contributed by atoms with Crippen molar-refractivity contribution in [2.75, 3.05) is 6.61 Å². The largest absolute Gasteiger partial charge is 0.394 e. The molecule has 0 aliphatic heterocycles. The maximum absolute atomic E-state index is 12.4. The van der Waals surface area contributed by atoms with E-state index in [9.17, 15) is 15.0 Å². The number of nitrogens with one attached hydrogen (secondary N) is 1. The Labute approximate surface area is 358 Å². The molecule has 0 aliphatic rings. The Bertz CT molecular complexity index is 825. The Hall–Kier alpha value is -1.13. The molecule has 0 rings (SSSR count). The number of carbonyl (C=O) groups excluding carboxylic acids is 1. The summed E-state index contributed by atoms with van der Waals surface area (Å²) in [6.45, 7) is 4.35. The van der Waals surface area contributed by atoms with E-state index in [1.54, 1.807) is 0 Å². The van der Waals surface area contributed by atoms with Crippen molar-refractivity contribution in [3.05, 3.63) is 24.3 Å². The fourth-order valence-electron chi connectivity index (χ4n) is 8.22. The lowest BCUT2D eigenvalue weighted by Crippen LogP contribution is -2.45. The minimum Gasteiger partial charge on any atom is -0.394 e. The van der Waals surface area contributed by atoms with Gasteiger partial charge in [-0.05, 0) is 44.9 Å². The van der Waals surface area contributed by atoms with Gasteiger partial charge in [0.1, 0.15) is 0 Å². The van der Waals surface area contributed by atoms with Crippen LogP contribution < -0.4 is 5.32 Å². The van der Waals surface area contributed by atoms with E-state index in [2.05, 4.69) is 43.5 Å². The third kappa shape index (κ3) is 45.8. The number of aliphatic hydroxyl groups excluding tert-OH is 2. The summed E-state index contributed by atoms with van der Waals surface area (Å²) in [5, 5.41) is 23.2. The van der Waals surface area contributed by atoms with E-state index in [1.165, 1.54) is 218 Å². The van der Waals surface area contributed by atoms with Crippen LogP contribution in [0.4, 0.5) is 0 Å². The van der Waals surface area contributed by atoms with Gasteiger partial charge in [0.15, 0.2) is 0 Å². The molecule has 0 spiro atoms. The molecule has 0 saturated carbocycles. The van der Waals surface area contributed by atoms with E-state index >= 15 is 0 Å². The molecule has 0 bridgehead atoms. The Morgan fingerprint density at radius 2 is 0.719 bits per heavy atom. The first-order valence-electron chi connectivity index (χ1n) is 26.0. The van der Waals surface area contributed by atoms with Crippen LogP contribution in [0.15, 0.2) is 24.3 Å². The van der Waals surface area contributed by atoms with Crippen LogP contribution in [0.1, 0.15) is 290 Å². The molecule has 0 aliphatic carbocycles. The van der Waals surface area contributed by atoms with Crippen LogP contribution in [-0.2, 0) is 4.79 Å². The third-order valence-corrected chi connectivity index (χ3v) is 12.2. The van der Waals surface area contributed by atoms with Gasteiger partial charge in [0, 0.05) is 6.42 Å². The van der Waals surface area contributed by atoms with Gasteiger partial charge in [0.25, 0.3) is 0 Å². The summed E-state index contributed by atoms with van der Waals surface area (Å²) >= 11 is 0. The second-order valence-corrected chi connectivity index (χ2v) is 17.9. The van der Waals surface area contributed by atoms with Gasteiger partial charge in [-0.15, -0.1) is 0 Å². The molecule has 4 heteroatoms. The molecule has 0 aromatic rings. The van der Waals surface area contributed by atoms with E-state index in [0.717, 1.165) is 44.9 Å². The van der Waals surface area contributed by atoms with Crippen molar-refractivity contribution < 1.29 is 15.0 Å². The lowest BCUT2D eigenvalue weighted by atomic mass is 10.0. The maximum atomic E-state index is 12.4. The van der Waals surface area contributed by atoms with Crippen LogP contribution in [0.5, 0.6) is 0 Å². The normalized spacial score (nSPS) is 13.0. The fraction of sp³-hybridized carbons (Fsp3) is 0.906. The highest BCUT2D eigenvalue weighted by Gasteiger charge is 2.20. The second kappa shape index (κ2) is 49.2. The average molecular weight is 802 g/mol. The Morgan fingerprint density at radius 1 is 0.421 bits per heavy atom. The van der Waals surface area contributed by atoms with Gasteiger partial charge in [-0.3, -0.25) is 4.79 Å². The van der Waals surface area contributed by atoms with Gasteiger partial charge in [-0.1, -0.05) is 263 Å². The van der Waals surface area contributed by atoms with Gasteiger partial charge in [0.2, 0.25) is 5.91 Å². The minimum absolute atomic E-state index is 0.0421. The zero-order valence-corrected chi connectivity index (χ0v) is 38.9. The van der Waals surface area contributed by atoms with Gasteiger partial charge in [-0.2, -0.15) is 0 Å². The van der Waals surface area contributed by atoms with Gasteiger partial charge >= 0.3 is 0 Å². The van der Waals surface area contributed by atoms with Gasteiger partial charge in [-0.25, -0.2) is 0 Å². The number of rotatable bonds is 48. The monoisotopic (exact) mass is 802 g/mol. The second-order valence-electron chi connectivity index (χ2n) is 17.9. The van der Waals surface area contributed by atoms with E-state index in [-0.39, 0.29) is 12.5 Å². The molecule has 2 unspecified atom stereocenters. The van der Waals surface area contributed by atoms with Gasteiger partial charge < -0.3 is 15.5 Å². The molecule has 57 heavy (non-hydrogen) atoms. The first-order valence-corrected chi connectivity index (χ1v) is 26.0. The van der Waals surface area contributed by atoms with Crippen molar-refractivity contribution in [3.8, 4) is 0 Å². The first-order chi connectivity index (χ1) is 28.2. The predicted molar refractivity (Wildman–Crippen MR) is 253 cm³/mol. The zero-order valence-electron chi connectivity index (χ0n) is 38.9. The molecule has 4 nitrogen and oxygen atoms in total. The van der Waals surface area contributed by atoms with E-state index in [1.807, 2.05) is 0 Å². The lowest BCUT2D eigenvalue weighted by Gasteiger charge is -2.22. The van der Waals surface area contributed by atoms with Crippen molar-refractivity contribution in [3.63, 3.8) is 0 Å². The Morgan fingerprint density at radius 3 is 1.09 bits per heavy atom. The number of amides is 1. The van der Waals surface area contributed by atoms with Crippen LogP contribution >= 0.6 is 0 Å². The number of unbranched alkanes of at least 4 members (excludes halogenated alkanes) is 37. The van der Waals surface area contributed by atoms with Crippen molar-refractivity contribution in [1.82, 2.24) is 5.32 Å². The zero-order chi connectivity index (χ0) is 41.4. The Kier molecular flexibility index (Phi) is 48.3. The third-order valence-electron chi connectivity index (χ3n) is 12.2. The van der Waals surface area contributed by atoms with Crippen molar-refractivity contribution in [2.24, 2.45) is 0 Å². The van der Waals surface area contributed by atoms with E-state index in [4.69, 9.17) is 0 Å². The van der Waals surface area contributed by atoms with Crippen LogP contribution in [0, 0.1) is 0 Å². The number of carbonyl (C=O) groups is 1. The number of allylic oxidation sites excluding steroid dienone is 4. The van der Waals surface area contributed by atoms with Crippen molar-refractivity contribution in [2.45, 2.75) is 302 Å². The van der Waals surface area contributed by atoms with Crippen LogP contribution in [0.2, 0.25) is 0 Å². The topological polar surface area (TPSA) is 69.6 Å². The molecule has 0 fully saturated rings. The number of aliphatic hydroxyl groups is 2. The molecule has 0 aromatic carbocycles. The average Bonchev–Trinajstić information content (AvgIpc) is 3.22. The molecule has 3 N–H and O–H groups in total. The van der Waals surface area contributed by atoms with E-state index in [0.29, 0.717) is 12.8 Å². The molecule has 2 atom stereocenters. The minimum atomic E-state index is -0.664. The molecule has 338 valence electrons. The number of hydrogen-bond donors (Lipinski definition) is 3. The molecular formula is C53H103NO3. The highest BCUT2D eigenvalue weighted by Crippen LogP contribution is 2.17. The van der Waals surface area contributed by atoms with Crippen molar-refractivity contribution in [1.29, 1.82) is 0 Å². The highest BCUT2D eigenvalue weighted by atomic mass is 16.3. The fourth-order valence-corrected chi connectivity index (χ4v) is 8.22. The first kappa shape index (κ1) is 55.9.